The van der Waals surface area contributed by atoms with Gasteiger partial charge in [0.05, 0.1) is 24.5 Å². The Balaban J connectivity index is 1.54. The first-order valence-electron chi connectivity index (χ1n) is 9.01. The van der Waals surface area contributed by atoms with Gasteiger partial charge >= 0.3 is 6.03 Å². The van der Waals surface area contributed by atoms with Crippen molar-refractivity contribution >= 4 is 11.8 Å². The zero-order valence-corrected chi connectivity index (χ0v) is 15.6. The highest BCUT2D eigenvalue weighted by atomic mass is 16.5. The Labute approximate surface area is 154 Å². The van der Waals surface area contributed by atoms with Crippen LogP contribution in [0.5, 0.6) is 0 Å². The van der Waals surface area contributed by atoms with Gasteiger partial charge < -0.3 is 10.1 Å². The molecule has 2 N–H and O–H groups in total. The number of carbonyl (C=O) groups is 1. The van der Waals surface area contributed by atoms with E-state index in [1.165, 1.54) is 0 Å². The molecule has 1 aliphatic rings. The summed E-state index contributed by atoms with van der Waals surface area (Å²) in [6.07, 6.45) is 4.55. The van der Waals surface area contributed by atoms with Crippen molar-refractivity contribution < 1.29 is 9.53 Å². The van der Waals surface area contributed by atoms with Crippen LogP contribution in [0, 0.1) is 11.3 Å². The van der Waals surface area contributed by atoms with E-state index >= 15 is 0 Å². The van der Waals surface area contributed by atoms with Crippen LogP contribution >= 0.6 is 0 Å². The van der Waals surface area contributed by atoms with E-state index in [0.29, 0.717) is 24.8 Å². The smallest absolute Gasteiger partial charge is 0.320 e. The van der Waals surface area contributed by atoms with Crippen molar-refractivity contribution in [3.63, 3.8) is 0 Å². The molecule has 7 nitrogen and oxygen atoms in total. The molecule has 0 aliphatic carbocycles. The van der Waals surface area contributed by atoms with Gasteiger partial charge in [-0.1, -0.05) is 26.8 Å². The number of pyridine rings is 1. The molecule has 0 bridgehead atoms. The molecule has 2 aromatic heterocycles. The molecular formula is C19H27N5O2. The van der Waals surface area contributed by atoms with Crippen LogP contribution in [0.3, 0.4) is 0 Å². The van der Waals surface area contributed by atoms with Crippen LogP contribution in [0.25, 0.3) is 0 Å². The van der Waals surface area contributed by atoms with Crippen LogP contribution in [0.1, 0.15) is 32.9 Å². The average Bonchev–Trinajstić information content (AvgIpc) is 3.23. The number of ether oxygens (including phenoxy) is 1. The maximum atomic E-state index is 12.3. The molecule has 0 saturated carbocycles. The number of carbonyl (C=O) groups excluding carboxylic acids is 1. The highest BCUT2D eigenvalue weighted by Crippen LogP contribution is 2.34. The summed E-state index contributed by atoms with van der Waals surface area (Å²) in [5.74, 6) is 0.974. The van der Waals surface area contributed by atoms with E-state index in [1.54, 1.807) is 23.1 Å². The van der Waals surface area contributed by atoms with E-state index in [0.717, 1.165) is 18.7 Å². The summed E-state index contributed by atoms with van der Waals surface area (Å²) >= 11 is 0. The predicted molar refractivity (Wildman–Crippen MR) is 99.9 cm³/mol. The zero-order valence-electron chi connectivity index (χ0n) is 15.6. The van der Waals surface area contributed by atoms with Crippen molar-refractivity contribution in [1.29, 1.82) is 0 Å². The second kappa shape index (κ2) is 7.86. The summed E-state index contributed by atoms with van der Waals surface area (Å²) in [7, 11) is 0. The van der Waals surface area contributed by atoms with Crippen molar-refractivity contribution in [2.75, 3.05) is 18.5 Å². The number of aromatic nitrogens is 3. The Morgan fingerprint density at radius 2 is 2.15 bits per heavy atom. The molecule has 26 heavy (non-hydrogen) atoms. The molecule has 3 heterocycles. The molecule has 0 aromatic carbocycles. The average molecular weight is 357 g/mol. The van der Waals surface area contributed by atoms with Gasteiger partial charge in [0.15, 0.2) is 0 Å². The first-order chi connectivity index (χ1) is 12.4. The number of nitrogens with one attached hydrogen (secondary N) is 2. The molecule has 1 aliphatic heterocycles. The van der Waals surface area contributed by atoms with Crippen LogP contribution in [0.15, 0.2) is 36.7 Å². The molecule has 0 spiro atoms. The molecule has 7 heteroatoms. The number of rotatable bonds is 5. The third-order valence-electron chi connectivity index (χ3n) is 4.59. The van der Waals surface area contributed by atoms with E-state index in [2.05, 4.69) is 41.5 Å². The summed E-state index contributed by atoms with van der Waals surface area (Å²) in [5.41, 5.74) is 0.955. The van der Waals surface area contributed by atoms with E-state index < -0.39 is 0 Å². The third kappa shape index (κ3) is 4.60. The monoisotopic (exact) mass is 357 g/mol. The highest BCUT2D eigenvalue weighted by molar-refractivity contribution is 5.88. The molecule has 3 rings (SSSR count). The van der Waals surface area contributed by atoms with Crippen molar-refractivity contribution in [1.82, 2.24) is 20.1 Å². The minimum Gasteiger partial charge on any atom is -0.377 e. The van der Waals surface area contributed by atoms with E-state index in [4.69, 9.17) is 4.74 Å². The number of anilines is 1. The summed E-state index contributed by atoms with van der Waals surface area (Å²) in [6, 6.07) is 7.28. The van der Waals surface area contributed by atoms with Gasteiger partial charge in [-0.05, 0) is 24.0 Å². The van der Waals surface area contributed by atoms with Gasteiger partial charge in [0.1, 0.15) is 5.82 Å². The molecule has 2 atom stereocenters. The summed E-state index contributed by atoms with van der Waals surface area (Å²) < 4.78 is 7.58. The lowest BCUT2D eigenvalue weighted by atomic mass is 9.81. The normalized spacial score (nSPS) is 20.1. The van der Waals surface area contributed by atoms with Crippen LogP contribution < -0.4 is 10.6 Å². The predicted octanol–water partition coefficient (Wildman–Crippen LogP) is 2.90. The number of amides is 2. The Morgan fingerprint density at radius 3 is 2.88 bits per heavy atom. The summed E-state index contributed by atoms with van der Waals surface area (Å²) in [6.45, 7) is 8.38. The lowest BCUT2D eigenvalue weighted by molar-refractivity contribution is 0.00782. The van der Waals surface area contributed by atoms with Crippen molar-refractivity contribution in [3.05, 3.63) is 42.4 Å². The van der Waals surface area contributed by atoms with Crippen LogP contribution in [-0.4, -0.2) is 40.1 Å². The Morgan fingerprint density at radius 1 is 1.31 bits per heavy atom. The van der Waals surface area contributed by atoms with Crippen molar-refractivity contribution in [2.45, 2.75) is 39.8 Å². The first kappa shape index (κ1) is 18.4. The van der Waals surface area contributed by atoms with Crippen LogP contribution in [0.2, 0.25) is 0 Å². The third-order valence-corrected chi connectivity index (χ3v) is 4.59. The second-order valence-electron chi connectivity index (χ2n) is 7.74. The fourth-order valence-electron chi connectivity index (χ4n) is 3.39. The molecule has 1 saturated heterocycles. The lowest BCUT2D eigenvalue weighted by Crippen LogP contribution is -2.40. The number of nitrogens with zero attached hydrogens (tertiary/aromatic N) is 3. The van der Waals surface area contributed by atoms with Gasteiger partial charge in [-0.25, -0.2) is 9.48 Å². The topological polar surface area (TPSA) is 81.1 Å². The van der Waals surface area contributed by atoms with Gasteiger partial charge in [0.2, 0.25) is 0 Å². The number of urea groups is 1. The van der Waals surface area contributed by atoms with Gasteiger partial charge in [0.25, 0.3) is 0 Å². The van der Waals surface area contributed by atoms with Crippen LogP contribution in [0.4, 0.5) is 10.6 Å². The molecule has 0 radical (unpaired) electrons. The maximum absolute atomic E-state index is 12.3. The summed E-state index contributed by atoms with van der Waals surface area (Å²) in [5, 5.41) is 10.1. The fourth-order valence-corrected chi connectivity index (χ4v) is 3.39. The Bertz CT molecular complexity index is 723. The zero-order chi connectivity index (χ0) is 18.6. The molecule has 2 aromatic rings. The molecule has 140 valence electrons. The quantitative estimate of drug-likeness (QED) is 0.862. The summed E-state index contributed by atoms with van der Waals surface area (Å²) in [4.78, 5) is 16.6. The molecule has 2 amide bonds. The molecule has 1 fully saturated rings. The first-order valence-corrected chi connectivity index (χ1v) is 9.01. The Hall–Kier alpha value is -2.41. The van der Waals surface area contributed by atoms with E-state index in [1.807, 2.05) is 18.2 Å². The van der Waals surface area contributed by atoms with Gasteiger partial charge in [-0.3, -0.25) is 10.3 Å². The van der Waals surface area contributed by atoms with Crippen molar-refractivity contribution in [3.8, 4) is 0 Å². The Kier molecular flexibility index (Phi) is 5.56. The van der Waals surface area contributed by atoms with Gasteiger partial charge in [0, 0.05) is 31.3 Å². The highest BCUT2D eigenvalue weighted by Gasteiger charge is 2.37. The minimum absolute atomic E-state index is 0.0701. The minimum atomic E-state index is -0.229. The number of hydrogen-bond donors (Lipinski definition) is 2. The van der Waals surface area contributed by atoms with Gasteiger partial charge in [-0.15, -0.1) is 0 Å². The number of hydrogen-bond acceptors (Lipinski definition) is 4. The molecule has 0 unspecified atom stereocenters. The standard InChI is InChI=1S/C19H27N5O2/c1-19(2,3)17-14(8-11-26-17)12-21-18(25)23-16-7-10-22-24(16)13-15-6-4-5-9-20-15/h4-7,9-10,14,17H,8,11-13H2,1-3H3,(H2,21,23,25)/t14-,17+/m1/s1. The van der Waals surface area contributed by atoms with Crippen molar-refractivity contribution in [2.24, 2.45) is 11.3 Å². The van der Waals surface area contributed by atoms with E-state index in [-0.39, 0.29) is 17.6 Å². The lowest BCUT2D eigenvalue weighted by Gasteiger charge is -2.31. The fraction of sp³-hybridized carbons (Fsp3) is 0.526. The maximum Gasteiger partial charge on any atom is 0.320 e. The van der Waals surface area contributed by atoms with Gasteiger partial charge in [-0.2, -0.15) is 5.10 Å². The largest absolute Gasteiger partial charge is 0.377 e. The van der Waals surface area contributed by atoms with Crippen LogP contribution in [-0.2, 0) is 11.3 Å². The molecular weight excluding hydrogens is 330 g/mol. The SMILES string of the molecule is CC(C)(C)[C@H]1OCC[C@@H]1CNC(=O)Nc1ccnn1Cc1ccccn1. The van der Waals surface area contributed by atoms with E-state index in [9.17, 15) is 4.79 Å². The second-order valence-corrected chi connectivity index (χ2v) is 7.74.